The number of hydrogen-bond donors (Lipinski definition) is 2. The van der Waals surface area contributed by atoms with Gasteiger partial charge in [0.1, 0.15) is 0 Å². The largest absolute Gasteiger partial charge is 0.366 e. The average molecular weight is 226 g/mol. The first-order valence-electron chi connectivity index (χ1n) is 5.87. The quantitative estimate of drug-likeness (QED) is 0.462. The van der Waals surface area contributed by atoms with Crippen molar-refractivity contribution in [1.29, 1.82) is 0 Å². The Morgan fingerprint density at radius 1 is 1.00 bits per heavy atom. The summed E-state index contributed by atoms with van der Waals surface area (Å²) in [5.41, 5.74) is 10.4. The molecule has 0 aliphatic carbocycles. The van der Waals surface area contributed by atoms with Crippen molar-refractivity contribution in [2.24, 2.45) is 11.5 Å². The number of hydrogen-bond acceptors (Lipinski definition) is 2. The summed E-state index contributed by atoms with van der Waals surface area (Å²) in [6.07, 6.45) is 8.47. The Bertz CT molecular complexity index is 260. The fourth-order valence-electron chi connectivity index (χ4n) is 1.53. The van der Waals surface area contributed by atoms with Crippen molar-refractivity contribution < 1.29 is 9.59 Å². The molecule has 92 valence electrons. The molecule has 4 nitrogen and oxygen atoms in total. The molecule has 0 atom stereocenters. The molecule has 0 saturated carbocycles. The number of carbonyl (C=O) groups excluding carboxylic acids is 2. The lowest BCUT2D eigenvalue weighted by molar-refractivity contribution is -0.116. The van der Waals surface area contributed by atoms with Crippen LogP contribution in [0.5, 0.6) is 0 Å². The smallest absolute Gasteiger partial charge is 0.244 e. The van der Waals surface area contributed by atoms with Crippen LogP contribution in [0.25, 0.3) is 0 Å². The van der Waals surface area contributed by atoms with Gasteiger partial charge < -0.3 is 11.5 Å². The van der Waals surface area contributed by atoms with E-state index < -0.39 is 11.8 Å². The minimum absolute atomic E-state index is 0.336. The summed E-state index contributed by atoms with van der Waals surface area (Å²) in [7, 11) is 0. The van der Waals surface area contributed by atoms with Gasteiger partial charge in [-0.15, -0.1) is 0 Å². The first-order chi connectivity index (χ1) is 7.57. The number of primary amides is 2. The predicted octanol–water partition coefficient (Wildman–Crippen LogP) is 1.63. The highest BCUT2D eigenvalue weighted by molar-refractivity contribution is 5.99. The Balaban J connectivity index is 3.78. The Kier molecular flexibility index (Phi) is 8.21. The molecule has 0 aromatic rings. The molecule has 0 aromatic heterocycles. The third-order valence-corrected chi connectivity index (χ3v) is 2.43. The standard InChI is InChI=1S/C12H22N2O2/c1-2-3-4-5-6-7-8-10(12(14)16)9-11(13)15/h9H,2-8H2,1H3,(H2,13,15)(H2,14,16). The molecule has 0 spiro atoms. The number of nitrogens with two attached hydrogens (primary N) is 2. The molecular weight excluding hydrogens is 204 g/mol. The number of amides is 2. The van der Waals surface area contributed by atoms with Crippen molar-refractivity contribution in [3.63, 3.8) is 0 Å². The van der Waals surface area contributed by atoms with Crippen LogP contribution < -0.4 is 11.5 Å². The van der Waals surface area contributed by atoms with Gasteiger partial charge in [0.25, 0.3) is 0 Å². The highest BCUT2D eigenvalue weighted by Crippen LogP contribution is 2.11. The van der Waals surface area contributed by atoms with E-state index in [0.29, 0.717) is 12.0 Å². The van der Waals surface area contributed by atoms with E-state index in [2.05, 4.69) is 6.92 Å². The van der Waals surface area contributed by atoms with Crippen molar-refractivity contribution in [1.82, 2.24) is 0 Å². The van der Waals surface area contributed by atoms with E-state index >= 15 is 0 Å². The summed E-state index contributed by atoms with van der Waals surface area (Å²) >= 11 is 0. The van der Waals surface area contributed by atoms with Crippen molar-refractivity contribution in [3.8, 4) is 0 Å². The van der Waals surface area contributed by atoms with Crippen LogP contribution in [-0.4, -0.2) is 11.8 Å². The summed E-state index contributed by atoms with van der Waals surface area (Å²) in [5, 5.41) is 0. The van der Waals surface area contributed by atoms with Crippen LogP contribution in [0, 0.1) is 0 Å². The molecule has 16 heavy (non-hydrogen) atoms. The van der Waals surface area contributed by atoms with Crippen LogP contribution in [0.2, 0.25) is 0 Å². The van der Waals surface area contributed by atoms with Crippen LogP contribution in [0.15, 0.2) is 11.6 Å². The van der Waals surface area contributed by atoms with Gasteiger partial charge in [0.2, 0.25) is 11.8 Å². The second kappa shape index (κ2) is 8.95. The minimum Gasteiger partial charge on any atom is -0.366 e. The van der Waals surface area contributed by atoms with E-state index in [-0.39, 0.29) is 0 Å². The lowest BCUT2D eigenvalue weighted by Gasteiger charge is -2.02. The fraction of sp³-hybridized carbons (Fsp3) is 0.667. The normalized spacial score (nSPS) is 11.4. The summed E-state index contributed by atoms with van der Waals surface area (Å²) < 4.78 is 0. The van der Waals surface area contributed by atoms with E-state index in [1.165, 1.54) is 19.3 Å². The Morgan fingerprint density at radius 2 is 1.56 bits per heavy atom. The van der Waals surface area contributed by atoms with Gasteiger partial charge in [-0.05, 0) is 12.8 Å². The molecule has 4 N–H and O–H groups in total. The molecular formula is C12H22N2O2. The zero-order chi connectivity index (χ0) is 12.4. The minimum atomic E-state index is -0.611. The van der Waals surface area contributed by atoms with E-state index in [1.54, 1.807) is 0 Å². The molecule has 0 fully saturated rings. The molecule has 0 saturated heterocycles. The maximum atomic E-state index is 10.9. The first kappa shape index (κ1) is 14.7. The monoisotopic (exact) mass is 226 g/mol. The van der Waals surface area contributed by atoms with E-state index in [9.17, 15) is 9.59 Å². The molecule has 0 heterocycles. The van der Waals surface area contributed by atoms with E-state index in [0.717, 1.165) is 25.3 Å². The predicted molar refractivity (Wildman–Crippen MR) is 64.5 cm³/mol. The topological polar surface area (TPSA) is 86.2 Å². The van der Waals surface area contributed by atoms with Crippen LogP contribution >= 0.6 is 0 Å². The van der Waals surface area contributed by atoms with Gasteiger partial charge in [-0.25, -0.2) is 0 Å². The van der Waals surface area contributed by atoms with E-state index in [4.69, 9.17) is 11.5 Å². The van der Waals surface area contributed by atoms with Crippen LogP contribution in [-0.2, 0) is 9.59 Å². The lowest BCUT2D eigenvalue weighted by atomic mass is 10.0. The molecule has 0 aliphatic rings. The lowest BCUT2D eigenvalue weighted by Crippen LogP contribution is -2.17. The van der Waals surface area contributed by atoms with Crippen molar-refractivity contribution in [2.45, 2.75) is 51.9 Å². The SMILES string of the molecule is CCCCCCCCC(=CC(N)=O)C(N)=O. The molecule has 4 heteroatoms. The Morgan fingerprint density at radius 3 is 2.06 bits per heavy atom. The summed E-state index contributed by atoms with van der Waals surface area (Å²) in [4.78, 5) is 21.6. The zero-order valence-electron chi connectivity index (χ0n) is 10.00. The van der Waals surface area contributed by atoms with Gasteiger partial charge in [-0.3, -0.25) is 9.59 Å². The van der Waals surface area contributed by atoms with Gasteiger partial charge in [-0.1, -0.05) is 39.0 Å². The summed E-state index contributed by atoms with van der Waals surface area (Å²) in [6, 6.07) is 0. The average Bonchev–Trinajstić information content (AvgIpc) is 2.20. The molecule has 0 aromatic carbocycles. The molecule has 0 radical (unpaired) electrons. The first-order valence-corrected chi connectivity index (χ1v) is 5.87. The second-order valence-corrected chi connectivity index (χ2v) is 3.95. The van der Waals surface area contributed by atoms with Crippen molar-refractivity contribution in [2.75, 3.05) is 0 Å². The van der Waals surface area contributed by atoms with Gasteiger partial charge in [0, 0.05) is 11.6 Å². The second-order valence-electron chi connectivity index (χ2n) is 3.95. The highest BCUT2D eigenvalue weighted by atomic mass is 16.1. The third kappa shape index (κ3) is 8.03. The summed E-state index contributed by atoms with van der Waals surface area (Å²) in [5.74, 6) is -1.16. The van der Waals surface area contributed by atoms with Gasteiger partial charge in [0.05, 0.1) is 0 Å². The third-order valence-electron chi connectivity index (χ3n) is 2.43. The van der Waals surface area contributed by atoms with Crippen molar-refractivity contribution >= 4 is 11.8 Å². The fourth-order valence-corrected chi connectivity index (χ4v) is 1.53. The molecule has 0 aliphatic heterocycles. The van der Waals surface area contributed by atoms with Crippen LogP contribution in [0.3, 0.4) is 0 Å². The molecule has 0 unspecified atom stereocenters. The molecule has 2 amide bonds. The van der Waals surface area contributed by atoms with Gasteiger partial charge >= 0.3 is 0 Å². The zero-order valence-corrected chi connectivity index (χ0v) is 10.00. The maximum absolute atomic E-state index is 10.9. The Hall–Kier alpha value is -1.32. The molecule has 0 rings (SSSR count). The maximum Gasteiger partial charge on any atom is 0.244 e. The molecule has 0 bridgehead atoms. The van der Waals surface area contributed by atoms with Gasteiger partial charge in [0.15, 0.2) is 0 Å². The highest BCUT2D eigenvalue weighted by Gasteiger charge is 2.05. The Labute approximate surface area is 97.1 Å². The van der Waals surface area contributed by atoms with Crippen LogP contribution in [0.4, 0.5) is 0 Å². The van der Waals surface area contributed by atoms with Gasteiger partial charge in [-0.2, -0.15) is 0 Å². The van der Waals surface area contributed by atoms with Crippen molar-refractivity contribution in [3.05, 3.63) is 11.6 Å². The number of carbonyl (C=O) groups is 2. The van der Waals surface area contributed by atoms with Crippen LogP contribution in [0.1, 0.15) is 51.9 Å². The number of unbranched alkanes of at least 4 members (excludes halogenated alkanes) is 5. The summed E-state index contributed by atoms with van der Waals surface area (Å²) in [6.45, 7) is 2.17. The van der Waals surface area contributed by atoms with E-state index in [1.807, 2.05) is 0 Å². The number of rotatable bonds is 9.